The van der Waals surface area contributed by atoms with E-state index in [1.54, 1.807) is 10.6 Å². The van der Waals surface area contributed by atoms with Gasteiger partial charge in [-0.1, -0.05) is 30.3 Å². The maximum atomic E-state index is 5.96. The molecule has 2 nitrogen and oxygen atoms in total. The first-order valence-electron chi connectivity index (χ1n) is 3.69. The highest BCUT2D eigenvalue weighted by Crippen LogP contribution is 2.21. The molecule has 0 amide bonds. The van der Waals surface area contributed by atoms with Crippen molar-refractivity contribution in [3.63, 3.8) is 0 Å². The molecule has 2 aromatic heterocycles. The smallest absolute Gasteiger partial charge is 0.131 e. The Morgan fingerprint density at radius 3 is 3.00 bits per heavy atom. The first kappa shape index (κ1) is 9.02. The van der Waals surface area contributed by atoms with Crippen molar-refractivity contribution >= 4 is 45.8 Å². The van der Waals surface area contributed by atoms with Crippen LogP contribution in [0.15, 0.2) is 24.8 Å². The van der Waals surface area contributed by atoms with E-state index in [4.69, 9.17) is 11.6 Å². The molecule has 0 aliphatic heterocycles. The molecule has 0 aliphatic rings. The highest BCUT2D eigenvalue weighted by Gasteiger charge is 2.08. The molecule has 2 rings (SSSR count). The third kappa shape index (κ3) is 1.36. The third-order valence-electron chi connectivity index (χ3n) is 1.81. The largest absolute Gasteiger partial charge is 0.221 e. The lowest BCUT2D eigenvalue weighted by atomic mass is 10.3. The Morgan fingerprint density at radius 1 is 1.54 bits per heavy atom. The first-order valence-corrected chi connectivity index (χ1v) is 5.15. The Bertz CT molecular complexity index is 476. The molecule has 0 unspecified atom stereocenters. The topological polar surface area (TPSA) is 17.3 Å². The van der Waals surface area contributed by atoms with Crippen molar-refractivity contribution in [1.29, 1.82) is 0 Å². The molecule has 2 aromatic rings. The van der Waals surface area contributed by atoms with Gasteiger partial charge in [-0.2, -0.15) is 5.10 Å². The van der Waals surface area contributed by atoms with E-state index < -0.39 is 0 Å². The second-order valence-electron chi connectivity index (χ2n) is 2.55. The van der Waals surface area contributed by atoms with Gasteiger partial charge in [0.1, 0.15) is 8.85 Å². The fourth-order valence-corrected chi connectivity index (χ4v) is 2.13. The van der Waals surface area contributed by atoms with Crippen LogP contribution in [0.5, 0.6) is 0 Å². The van der Waals surface area contributed by atoms with E-state index in [-0.39, 0.29) is 0 Å². The number of pyridine rings is 1. The summed E-state index contributed by atoms with van der Waals surface area (Å²) >= 11 is 8.13. The summed E-state index contributed by atoms with van der Waals surface area (Å²) in [5, 5.41) is 4.90. The SMILES string of the molecule is C=Cc1c(I)nn2c(Cl)cccc12. The summed E-state index contributed by atoms with van der Waals surface area (Å²) in [7, 11) is 0. The molecule has 0 N–H and O–H groups in total. The molecular formula is C9H6ClIN2. The molecule has 0 spiro atoms. The van der Waals surface area contributed by atoms with Crippen molar-refractivity contribution in [1.82, 2.24) is 9.61 Å². The van der Waals surface area contributed by atoms with Crippen molar-refractivity contribution < 1.29 is 0 Å². The van der Waals surface area contributed by atoms with Crippen molar-refractivity contribution in [3.05, 3.63) is 39.2 Å². The van der Waals surface area contributed by atoms with Crippen LogP contribution in [0.3, 0.4) is 0 Å². The molecular weight excluding hydrogens is 298 g/mol. The Labute approximate surface area is 94.3 Å². The Hall–Kier alpha value is -0.550. The first-order chi connectivity index (χ1) is 6.24. The number of hydrogen-bond acceptors (Lipinski definition) is 1. The minimum Gasteiger partial charge on any atom is -0.221 e. The monoisotopic (exact) mass is 304 g/mol. The van der Waals surface area contributed by atoms with Gasteiger partial charge in [0, 0.05) is 5.56 Å². The quantitative estimate of drug-likeness (QED) is 0.584. The Balaban J connectivity index is 2.93. The van der Waals surface area contributed by atoms with Crippen LogP contribution in [-0.2, 0) is 0 Å². The van der Waals surface area contributed by atoms with Crippen LogP contribution >= 0.6 is 34.2 Å². The lowest BCUT2D eigenvalue weighted by Crippen LogP contribution is -1.87. The molecule has 0 aliphatic carbocycles. The van der Waals surface area contributed by atoms with E-state index in [2.05, 4.69) is 34.3 Å². The Kier molecular flexibility index (Phi) is 2.29. The lowest BCUT2D eigenvalue weighted by molar-refractivity contribution is 0.946. The summed E-state index contributed by atoms with van der Waals surface area (Å²) in [5.41, 5.74) is 2.02. The molecule has 2 heterocycles. The summed E-state index contributed by atoms with van der Waals surface area (Å²) in [6, 6.07) is 5.69. The van der Waals surface area contributed by atoms with E-state index in [9.17, 15) is 0 Å². The van der Waals surface area contributed by atoms with Gasteiger partial charge in [0.2, 0.25) is 0 Å². The number of aromatic nitrogens is 2. The molecule has 13 heavy (non-hydrogen) atoms. The number of rotatable bonds is 1. The fraction of sp³-hybridized carbons (Fsp3) is 0. The molecule has 0 saturated heterocycles. The van der Waals surface area contributed by atoms with Crippen molar-refractivity contribution in [2.45, 2.75) is 0 Å². The maximum Gasteiger partial charge on any atom is 0.131 e. The van der Waals surface area contributed by atoms with Crippen LogP contribution in [0.4, 0.5) is 0 Å². The molecule has 0 bridgehead atoms. The number of halogens is 2. The van der Waals surface area contributed by atoms with Crippen LogP contribution in [0.25, 0.3) is 11.6 Å². The predicted octanol–water partition coefficient (Wildman–Crippen LogP) is 3.24. The van der Waals surface area contributed by atoms with Crippen molar-refractivity contribution in [2.75, 3.05) is 0 Å². The summed E-state index contributed by atoms with van der Waals surface area (Å²) in [5.74, 6) is 0. The van der Waals surface area contributed by atoms with Gasteiger partial charge in [-0.3, -0.25) is 0 Å². The van der Waals surface area contributed by atoms with Crippen LogP contribution in [0.2, 0.25) is 5.15 Å². The maximum absolute atomic E-state index is 5.96. The summed E-state index contributed by atoms with van der Waals surface area (Å²) in [4.78, 5) is 0. The third-order valence-corrected chi connectivity index (χ3v) is 2.89. The predicted molar refractivity (Wildman–Crippen MR) is 63.0 cm³/mol. The van der Waals surface area contributed by atoms with Crippen LogP contribution < -0.4 is 0 Å². The molecule has 0 atom stereocenters. The van der Waals surface area contributed by atoms with E-state index >= 15 is 0 Å². The minimum absolute atomic E-state index is 0.614. The molecule has 0 fully saturated rings. The van der Waals surface area contributed by atoms with Gasteiger partial charge in [0.15, 0.2) is 0 Å². The average Bonchev–Trinajstić information content (AvgIpc) is 2.43. The molecule has 0 aromatic carbocycles. The van der Waals surface area contributed by atoms with E-state index in [1.165, 1.54) is 0 Å². The van der Waals surface area contributed by atoms with Gasteiger partial charge in [0.25, 0.3) is 0 Å². The number of nitrogens with zero attached hydrogens (tertiary/aromatic N) is 2. The van der Waals surface area contributed by atoms with Gasteiger partial charge in [-0.15, -0.1) is 0 Å². The van der Waals surface area contributed by atoms with Gasteiger partial charge >= 0.3 is 0 Å². The molecule has 0 saturated carbocycles. The molecule has 66 valence electrons. The fourth-order valence-electron chi connectivity index (χ4n) is 1.22. The Morgan fingerprint density at radius 2 is 2.31 bits per heavy atom. The van der Waals surface area contributed by atoms with E-state index in [0.717, 1.165) is 14.8 Å². The standard InChI is InChI=1S/C9H6ClIN2/c1-2-6-7-4-3-5-8(10)13(7)12-9(6)11/h2-5H,1H2. The van der Waals surface area contributed by atoms with Crippen LogP contribution in [-0.4, -0.2) is 9.61 Å². The second-order valence-corrected chi connectivity index (χ2v) is 3.96. The summed E-state index contributed by atoms with van der Waals surface area (Å²) in [6.07, 6.45) is 1.79. The normalized spacial score (nSPS) is 10.6. The lowest BCUT2D eigenvalue weighted by Gasteiger charge is -1.94. The number of hydrogen-bond donors (Lipinski definition) is 0. The molecule has 4 heteroatoms. The van der Waals surface area contributed by atoms with Crippen LogP contribution in [0, 0.1) is 3.70 Å². The zero-order valence-electron chi connectivity index (χ0n) is 6.67. The van der Waals surface area contributed by atoms with Crippen LogP contribution in [0.1, 0.15) is 5.56 Å². The highest BCUT2D eigenvalue weighted by atomic mass is 127. The van der Waals surface area contributed by atoms with Gasteiger partial charge in [-0.25, -0.2) is 4.52 Å². The summed E-state index contributed by atoms with van der Waals surface area (Å²) in [6.45, 7) is 3.74. The van der Waals surface area contributed by atoms with E-state index in [1.807, 2.05) is 18.2 Å². The van der Waals surface area contributed by atoms with E-state index in [0.29, 0.717) is 5.15 Å². The summed E-state index contributed by atoms with van der Waals surface area (Å²) < 4.78 is 2.63. The van der Waals surface area contributed by atoms with Gasteiger partial charge < -0.3 is 0 Å². The average molecular weight is 305 g/mol. The highest BCUT2D eigenvalue weighted by molar-refractivity contribution is 14.1. The zero-order valence-corrected chi connectivity index (χ0v) is 9.58. The zero-order chi connectivity index (χ0) is 9.42. The van der Waals surface area contributed by atoms with Gasteiger partial charge in [0.05, 0.1) is 5.52 Å². The minimum atomic E-state index is 0.614. The second kappa shape index (κ2) is 3.31. The van der Waals surface area contributed by atoms with Crippen molar-refractivity contribution in [3.8, 4) is 0 Å². The number of fused-ring (bicyclic) bond motifs is 1. The van der Waals surface area contributed by atoms with Crippen molar-refractivity contribution in [2.24, 2.45) is 0 Å². The van der Waals surface area contributed by atoms with Gasteiger partial charge in [-0.05, 0) is 34.7 Å². The molecule has 0 radical (unpaired) electrons.